The molecule has 0 saturated carbocycles. The lowest BCUT2D eigenvalue weighted by atomic mass is 10.1. The van der Waals surface area contributed by atoms with E-state index in [2.05, 4.69) is 21.2 Å². The molecule has 0 unspecified atom stereocenters. The third kappa shape index (κ3) is 2.87. The van der Waals surface area contributed by atoms with Crippen LogP contribution in [0, 0.1) is 10.1 Å². The molecule has 112 valence electrons. The van der Waals surface area contributed by atoms with E-state index in [1.54, 1.807) is 6.07 Å². The number of hydrogen-bond acceptors (Lipinski definition) is 3. The van der Waals surface area contributed by atoms with Gasteiger partial charge in [0.05, 0.1) is 9.40 Å². The molecule has 2 aromatic carbocycles. The van der Waals surface area contributed by atoms with Gasteiger partial charge in [0, 0.05) is 17.3 Å². The maximum Gasteiger partial charge on any atom is 0.284 e. The van der Waals surface area contributed by atoms with Crippen LogP contribution in [0.4, 0.5) is 11.4 Å². The minimum Gasteiger partial charge on any atom is -0.322 e. The number of rotatable bonds is 3. The molecule has 0 bridgehead atoms. The summed E-state index contributed by atoms with van der Waals surface area (Å²) >= 11 is 3.11. The summed E-state index contributed by atoms with van der Waals surface area (Å²) in [6.45, 7) is 0. The number of nitro groups is 1. The maximum atomic E-state index is 12.3. The van der Waals surface area contributed by atoms with Crippen molar-refractivity contribution in [2.75, 3.05) is 5.32 Å². The Morgan fingerprint density at radius 3 is 2.68 bits per heavy atom. The lowest BCUT2D eigenvalue weighted by molar-refractivity contribution is -0.385. The van der Waals surface area contributed by atoms with Crippen LogP contribution in [0.25, 0.3) is 0 Å². The van der Waals surface area contributed by atoms with E-state index in [0.717, 1.165) is 24.9 Å². The number of carbonyl (C=O) groups is 1. The number of amides is 1. The monoisotopic (exact) mass is 360 g/mol. The lowest BCUT2D eigenvalue weighted by Gasteiger charge is -2.08. The first-order chi connectivity index (χ1) is 10.5. The highest BCUT2D eigenvalue weighted by molar-refractivity contribution is 9.10. The predicted molar refractivity (Wildman–Crippen MR) is 87.2 cm³/mol. The van der Waals surface area contributed by atoms with Gasteiger partial charge in [-0.05, 0) is 70.6 Å². The van der Waals surface area contributed by atoms with E-state index in [1.165, 1.54) is 23.3 Å². The Kier molecular flexibility index (Phi) is 3.94. The summed E-state index contributed by atoms with van der Waals surface area (Å²) < 4.78 is 0.353. The van der Waals surface area contributed by atoms with Gasteiger partial charge in [-0.1, -0.05) is 6.07 Å². The summed E-state index contributed by atoms with van der Waals surface area (Å²) in [5.74, 6) is -0.353. The number of halogens is 1. The van der Waals surface area contributed by atoms with Crippen LogP contribution in [0.15, 0.2) is 40.9 Å². The summed E-state index contributed by atoms with van der Waals surface area (Å²) in [5, 5.41) is 13.7. The van der Waals surface area contributed by atoms with Gasteiger partial charge in [0.1, 0.15) is 0 Å². The number of fused-ring (bicyclic) bond motifs is 1. The average Bonchev–Trinajstić information content (AvgIpc) is 2.94. The second-order valence-corrected chi connectivity index (χ2v) is 6.07. The third-order valence-corrected chi connectivity index (χ3v) is 4.43. The van der Waals surface area contributed by atoms with Crippen molar-refractivity contribution in [2.45, 2.75) is 19.3 Å². The van der Waals surface area contributed by atoms with Crippen LogP contribution >= 0.6 is 15.9 Å². The summed E-state index contributed by atoms with van der Waals surface area (Å²) in [5.41, 5.74) is 3.45. The molecule has 0 aromatic heterocycles. The Morgan fingerprint density at radius 1 is 1.14 bits per heavy atom. The van der Waals surface area contributed by atoms with E-state index in [0.29, 0.717) is 4.47 Å². The quantitative estimate of drug-likeness (QED) is 0.661. The van der Waals surface area contributed by atoms with E-state index >= 15 is 0 Å². The maximum absolute atomic E-state index is 12.3. The normalized spacial score (nSPS) is 12.8. The molecule has 0 fully saturated rings. The molecule has 22 heavy (non-hydrogen) atoms. The van der Waals surface area contributed by atoms with Gasteiger partial charge >= 0.3 is 0 Å². The van der Waals surface area contributed by atoms with Crippen molar-refractivity contribution < 1.29 is 9.72 Å². The average molecular weight is 361 g/mol. The summed E-state index contributed by atoms with van der Waals surface area (Å²) in [7, 11) is 0. The van der Waals surface area contributed by atoms with Crippen LogP contribution in [-0.2, 0) is 12.8 Å². The number of anilines is 1. The van der Waals surface area contributed by atoms with Gasteiger partial charge in [-0.2, -0.15) is 0 Å². The van der Waals surface area contributed by atoms with Gasteiger partial charge < -0.3 is 5.32 Å². The molecule has 1 aliphatic rings. The number of benzene rings is 2. The number of carbonyl (C=O) groups excluding carboxylic acids is 1. The van der Waals surface area contributed by atoms with E-state index in [-0.39, 0.29) is 17.2 Å². The number of aryl methyl sites for hydroxylation is 2. The van der Waals surface area contributed by atoms with Crippen LogP contribution in [0.2, 0.25) is 0 Å². The molecular formula is C16H13BrN2O3. The fourth-order valence-corrected chi connectivity index (χ4v) is 3.04. The lowest BCUT2D eigenvalue weighted by Crippen LogP contribution is -2.12. The third-order valence-electron chi connectivity index (χ3n) is 3.76. The zero-order valence-electron chi connectivity index (χ0n) is 11.6. The zero-order valence-corrected chi connectivity index (χ0v) is 13.2. The highest BCUT2D eigenvalue weighted by Gasteiger charge is 2.17. The Morgan fingerprint density at radius 2 is 1.91 bits per heavy atom. The largest absolute Gasteiger partial charge is 0.322 e. The van der Waals surface area contributed by atoms with Crippen LogP contribution in [-0.4, -0.2) is 10.8 Å². The Bertz CT molecular complexity index is 774. The zero-order chi connectivity index (χ0) is 15.7. The fraction of sp³-hybridized carbons (Fsp3) is 0.188. The molecule has 0 spiro atoms. The van der Waals surface area contributed by atoms with Crippen molar-refractivity contribution in [3.05, 3.63) is 67.7 Å². The van der Waals surface area contributed by atoms with E-state index in [9.17, 15) is 14.9 Å². The minimum atomic E-state index is -0.518. The predicted octanol–water partition coefficient (Wildman–Crippen LogP) is 4.10. The molecule has 0 saturated heterocycles. The van der Waals surface area contributed by atoms with Crippen LogP contribution < -0.4 is 5.32 Å². The Labute approximate surface area is 135 Å². The molecule has 6 heteroatoms. The van der Waals surface area contributed by atoms with Gasteiger partial charge in [0.2, 0.25) is 0 Å². The molecule has 0 atom stereocenters. The fourth-order valence-electron chi connectivity index (χ4n) is 2.65. The number of nitro benzene ring substituents is 1. The molecule has 0 heterocycles. The summed E-state index contributed by atoms with van der Waals surface area (Å²) in [6, 6.07) is 10.2. The van der Waals surface area contributed by atoms with E-state index < -0.39 is 4.92 Å². The first-order valence-electron chi connectivity index (χ1n) is 6.92. The van der Waals surface area contributed by atoms with Crippen LogP contribution in [0.5, 0.6) is 0 Å². The van der Waals surface area contributed by atoms with Crippen molar-refractivity contribution in [3.8, 4) is 0 Å². The molecule has 0 radical (unpaired) electrons. The van der Waals surface area contributed by atoms with Gasteiger partial charge in [0.25, 0.3) is 11.6 Å². The van der Waals surface area contributed by atoms with Crippen molar-refractivity contribution in [3.63, 3.8) is 0 Å². The SMILES string of the molecule is O=C(Nc1ccc2c(c1)CCC2)c1ccc(Br)c([N+](=O)[O-])c1. The molecule has 0 aliphatic heterocycles. The first-order valence-corrected chi connectivity index (χ1v) is 7.71. The van der Waals surface area contributed by atoms with Gasteiger partial charge in [-0.15, -0.1) is 0 Å². The standard InChI is InChI=1S/C16H13BrN2O3/c17-14-7-5-12(9-15(14)19(21)22)16(20)18-13-6-4-10-2-1-3-11(10)8-13/h4-9H,1-3H2,(H,18,20). The van der Waals surface area contributed by atoms with Crippen molar-refractivity contribution in [1.29, 1.82) is 0 Å². The molecular weight excluding hydrogens is 348 g/mol. The molecule has 1 aliphatic carbocycles. The summed E-state index contributed by atoms with van der Waals surface area (Å²) in [6.07, 6.45) is 3.26. The number of nitrogens with zero attached hydrogens (tertiary/aromatic N) is 1. The number of hydrogen-bond donors (Lipinski definition) is 1. The number of nitrogens with one attached hydrogen (secondary N) is 1. The smallest absolute Gasteiger partial charge is 0.284 e. The molecule has 1 N–H and O–H groups in total. The van der Waals surface area contributed by atoms with Crippen molar-refractivity contribution in [2.24, 2.45) is 0 Å². The summed E-state index contributed by atoms with van der Waals surface area (Å²) in [4.78, 5) is 22.7. The highest BCUT2D eigenvalue weighted by Crippen LogP contribution is 2.27. The molecule has 5 nitrogen and oxygen atoms in total. The molecule has 3 rings (SSSR count). The van der Waals surface area contributed by atoms with Crippen molar-refractivity contribution >= 4 is 33.2 Å². The van der Waals surface area contributed by atoms with Gasteiger partial charge in [-0.3, -0.25) is 14.9 Å². The second kappa shape index (κ2) is 5.88. The second-order valence-electron chi connectivity index (χ2n) is 5.21. The van der Waals surface area contributed by atoms with Crippen molar-refractivity contribution in [1.82, 2.24) is 0 Å². The van der Waals surface area contributed by atoms with Crippen LogP contribution in [0.3, 0.4) is 0 Å². The minimum absolute atomic E-state index is 0.124. The highest BCUT2D eigenvalue weighted by atomic mass is 79.9. The van der Waals surface area contributed by atoms with Gasteiger partial charge in [0.15, 0.2) is 0 Å². The Balaban J connectivity index is 1.83. The topological polar surface area (TPSA) is 72.2 Å². The van der Waals surface area contributed by atoms with E-state index in [1.807, 2.05) is 18.2 Å². The molecule has 2 aromatic rings. The van der Waals surface area contributed by atoms with E-state index in [4.69, 9.17) is 0 Å². The van der Waals surface area contributed by atoms with Gasteiger partial charge in [-0.25, -0.2) is 0 Å². The molecule has 1 amide bonds. The first kappa shape index (κ1) is 14.7. The van der Waals surface area contributed by atoms with Crippen LogP contribution in [0.1, 0.15) is 27.9 Å². The Hall–Kier alpha value is -2.21.